The number of furan rings is 1. The molecular weight excluding hydrogens is 304 g/mol. The van der Waals surface area contributed by atoms with Crippen molar-refractivity contribution in [2.24, 2.45) is 0 Å². The van der Waals surface area contributed by atoms with Gasteiger partial charge in [-0.1, -0.05) is 18.2 Å². The summed E-state index contributed by atoms with van der Waals surface area (Å²) in [6.45, 7) is 5.15. The van der Waals surface area contributed by atoms with E-state index in [1.807, 2.05) is 47.8 Å². The van der Waals surface area contributed by atoms with E-state index in [-0.39, 0.29) is 5.91 Å². The Morgan fingerprint density at radius 3 is 2.71 bits per heavy atom. The molecule has 3 aromatic rings. The first-order valence-corrected chi connectivity index (χ1v) is 8.25. The molecule has 6 nitrogen and oxygen atoms in total. The third kappa shape index (κ3) is 3.05. The zero-order chi connectivity index (χ0) is 16.4. The molecule has 1 amide bonds. The number of rotatable bonds is 4. The van der Waals surface area contributed by atoms with Crippen LogP contribution in [0.5, 0.6) is 0 Å². The molecule has 3 heterocycles. The van der Waals surface area contributed by atoms with Gasteiger partial charge in [-0.3, -0.25) is 9.69 Å². The number of piperazine rings is 1. The van der Waals surface area contributed by atoms with E-state index in [9.17, 15) is 4.79 Å². The van der Waals surface area contributed by atoms with Crippen LogP contribution >= 0.6 is 0 Å². The Balaban J connectivity index is 1.34. The van der Waals surface area contributed by atoms with Gasteiger partial charge in [0.25, 0.3) is 5.91 Å². The topological polar surface area (TPSA) is 54.5 Å². The number of imidazole rings is 1. The zero-order valence-corrected chi connectivity index (χ0v) is 13.5. The molecule has 1 aromatic carbocycles. The van der Waals surface area contributed by atoms with Crippen molar-refractivity contribution in [1.82, 2.24) is 19.4 Å². The summed E-state index contributed by atoms with van der Waals surface area (Å²) < 4.78 is 7.77. The smallest absolute Gasteiger partial charge is 0.289 e. The summed E-state index contributed by atoms with van der Waals surface area (Å²) in [7, 11) is 0. The first kappa shape index (κ1) is 15.0. The van der Waals surface area contributed by atoms with Gasteiger partial charge in [-0.25, -0.2) is 4.98 Å². The minimum absolute atomic E-state index is 0.0135. The quantitative estimate of drug-likeness (QED) is 0.737. The molecule has 0 N–H and O–H groups in total. The highest BCUT2D eigenvalue weighted by Crippen LogP contribution is 2.20. The van der Waals surface area contributed by atoms with Crippen LogP contribution in [0.1, 0.15) is 10.6 Å². The number of amides is 1. The number of hydrogen-bond acceptors (Lipinski definition) is 4. The van der Waals surface area contributed by atoms with Crippen molar-refractivity contribution in [3.63, 3.8) is 0 Å². The van der Waals surface area contributed by atoms with Gasteiger partial charge in [-0.2, -0.15) is 0 Å². The maximum absolute atomic E-state index is 12.6. The van der Waals surface area contributed by atoms with Crippen LogP contribution in [0, 0.1) is 0 Å². The second-order valence-electron chi connectivity index (χ2n) is 6.08. The van der Waals surface area contributed by atoms with E-state index >= 15 is 0 Å². The fourth-order valence-corrected chi connectivity index (χ4v) is 3.09. The highest BCUT2D eigenvalue weighted by molar-refractivity contribution is 5.96. The molecule has 0 spiro atoms. The first-order valence-electron chi connectivity index (χ1n) is 8.25. The van der Waals surface area contributed by atoms with Crippen LogP contribution in [0.25, 0.3) is 11.0 Å². The van der Waals surface area contributed by atoms with E-state index in [0.717, 1.165) is 50.2 Å². The van der Waals surface area contributed by atoms with E-state index in [1.54, 1.807) is 6.20 Å². The first-order chi connectivity index (χ1) is 11.8. The monoisotopic (exact) mass is 324 g/mol. The van der Waals surface area contributed by atoms with Crippen LogP contribution in [-0.4, -0.2) is 58.0 Å². The van der Waals surface area contributed by atoms with Crippen LogP contribution in [0.3, 0.4) is 0 Å². The van der Waals surface area contributed by atoms with Crippen LogP contribution in [0.2, 0.25) is 0 Å². The summed E-state index contributed by atoms with van der Waals surface area (Å²) in [5.41, 5.74) is 0.764. The number of para-hydroxylation sites is 1. The van der Waals surface area contributed by atoms with E-state index in [2.05, 4.69) is 14.5 Å². The molecule has 1 saturated heterocycles. The Hall–Kier alpha value is -2.60. The van der Waals surface area contributed by atoms with Gasteiger partial charge >= 0.3 is 0 Å². The second-order valence-corrected chi connectivity index (χ2v) is 6.08. The SMILES string of the molecule is O=C(c1cc2ccccc2o1)N1CCN(CCn2ccnc2)CC1. The molecule has 6 heteroatoms. The van der Waals surface area contributed by atoms with Gasteiger partial charge in [0.15, 0.2) is 5.76 Å². The lowest BCUT2D eigenvalue weighted by molar-refractivity contribution is 0.0605. The lowest BCUT2D eigenvalue weighted by Gasteiger charge is -2.34. The Labute approximate surface area is 140 Å². The molecule has 1 aliphatic heterocycles. The van der Waals surface area contributed by atoms with Gasteiger partial charge < -0.3 is 13.9 Å². The lowest BCUT2D eigenvalue weighted by Crippen LogP contribution is -2.49. The summed E-state index contributed by atoms with van der Waals surface area (Å²) in [6, 6.07) is 9.55. The average molecular weight is 324 g/mol. The Morgan fingerprint density at radius 2 is 1.96 bits per heavy atom. The minimum atomic E-state index is -0.0135. The fourth-order valence-electron chi connectivity index (χ4n) is 3.09. The molecule has 1 aliphatic rings. The van der Waals surface area contributed by atoms with Gasteiger partial charge in [-0.15, -0.1) is 0 Å². The standard InChI is InChI=1S/C18H20N4O2/c23-18(17-13-15-3-1-2-4-16(15)24-17)22-11-9-20(10-12-22)7-8-21-6-5-19-14-21/h1-6,13-14H,7-12H2. The molecule has 4 rings (SSSR count). The molecular formula is C18H20N4O2. The van der Waals surface area contributed by atoms with Crippen molar-refractivity contribution < 1.29 is 9.21 Å². The summed E-state index contributed by atoms with van der Waals surface area (Å²) >= 11 is 0. The minimum Gasteiger partial charge on any atom is -0.451 e. The number of fused-ring (bicyclic) bond motifs is 1. The second kappa shape index (κ2) is 6.49. The molecule has 2 aromatic heterocycles. The molecule has 124 valence electrons. The third-order valence-electron chi connectivity index (χ3n) is 4.53. The Kier molecular flexibility index (Phi) is 4.04. The van der Waals surface area contributed by atoms with Gasteiger partial charge in [0, 0.05) is 57.0 Å². The average Bonchev–Trinajstić information content (AvgIpc) is 3.29. The number of benzene rings is 1. The van der Waals surface area contributed by atoms with Gasteiger partial charge in [0.2, 0.25) is 0 Å². The van der Waals surface area contributed by atoms with Crippen molar-refractivity contribution in [1.29, 1.82) is 0 Å². The molecule has 0 bridgehead atoms. The summed E-state index contributed by atoms with van der Waals surface area (Å²) in [6.07, 6.45) is 5.60. The molecule has 24 heavy (non-hydrogen) atoms. The van der Waals surface area contributed by atoms with Crippen LogP contribution in [0.15, 0.2) is 53.5 Å². The number of aromatic nitrogens is 2. The van der Waals surface area contributed by atoms with Gasteiger partial charge in [0.05, 0.1) is 6.33 Å². The van der Waals surface area contributed by atoms with Crippen LogP contribution < -0.4 is 0 Å². The van der Waals surface area contributed by atoms with E-state index in [1.165, 1.54) is 0 Å². The lowest BCUT2D eigenvalue weighted by atomic mass is 10.2. The Morgan fingerprint density at radius 1 is 1.12 bits per heavy atom. The summed E-state index contributed by atoms with van der Waals surface area (Å²) in [4.78, 5) is 20.9. The number of carbonyl (C=O) groups excluding carboxylic acids is 1. The molecule has 1 fully saturated rings. The molecule has 0 unspecified atom stereocenters. The highest BCUT2D eigenvalue weighted by atomic mass is 16.3. The van der Waals surface area contributed by atoms with Gasteiger partial charge in [-0.05, 0) is 12.1 Å². The van der Waals surface area contributed by atoms with E-state index in [0.29, 0.717) is 5.76 Å². The molecule has 0 radical (unpaired) electrons. The molecule has 0 aliphatic carbocycles. The summed E-state index contributed by atoms with van der Waals surface area (Å²) in [5, 5.41) is 0.972. The van der Waals surface area contributed by atoms with Crippen molar-refractivity contribution in [2.75, 3.05) is 32.7 Å². The van der Waals surface area contributed by atoms with E-state index in [4.69, 9.17) is 4.42 Å². The largest absolute Gasteiger partial charge is 0.451 e. The van der Waals surface area contributed by atoms with E-state index < -0.39 is 0 Å². The molecule has 0 atom stereocenters. The maximum Gasteiger partial charge on any atom is 0.289 e. The summed E-state index contributed by atoms with van der Waals surface area (Å²) in [5.74, 6) is 0.420. The number of carbonyl (C=O) groups is 1. The normalized spacial score (nSPS) is 15.9. The van der Waals surface area contributed by atoms with Crippen molar-refractivity contribution >= 4 is 16.9 Å². The third-order valence-corrected chi connectivity index (χ3v) is 4.53. The van der Waals surface area contributed by atoms with Crippen molar-refractivity contribution in [2.45, 2.75) is 6.54 Å². The Bertz CT molecular complexity index is 784. The maximum atomic E-state index is 12.6. The molecule has 0 saturated carbocycles. The predicted molar refractivity (Wildman–Crippen MR) is 90.8 cm³/mol. The van der Waals surface area contributed by atoms with Crippen molar-refractivity contribution in [3.05, 3.63) is 54.8 Å². The number of nitrogens with zero attached hydrogens (tertiary/aromatic N) is 4. The zero-order valence-electron chi connectivity index (χ0n) is 13.5. The highest BCUT2D eigenvalue weighted by Gasteiger charge is 2.24. The predicted octanol–water partition coefficient (Wildman–Crippen LogP) is 2.09. The fraction of sp³-hybridized carbons (Fsp3) is 0.333. The van der Waals surface area contributed by atoms with Crippen LogP contribution in [0.4, 0.5) is 0 Å². The number of hydrogen-bond donors (Lipinski definition) is 0. The van der Waals surface area contributed by atoms with Crippen LogP contribution in [-0.2, 0) is 6.54 Å². The van der Waals surface area contributed by atoms with Gasteiger partial charge in [0.1, 0.15) is 5.58 Å². The van der Waals surface area contributed by atoms with Crippen molar-refractivity contribution in [3.8, 4) is 0 Å².